The Balaban J connectivity index is 2.52. The van der Waals surface area contributed by atoms with Crippen molar-refractivity contribution in [2.24, 2.45) is 0 Å². The molecule has 0 atom stereocenters. The van der Waals surface area contributed by atoms with Gasteiger partial charge < -0.3 is 5.73 Å². The number of fused-ring (bicyclic) bond motifs is 1. The molecule has 0 unspecified atom stereocenters. The van der Waals surface area contributed by atoms with E-state index < -0.39 is 0 Å². The summed E-state index contributed by atoms with van der Waals surface area (Å²) < 4.78 is 0. The minimum absolute atomic E-state index is 0.390. The zero-order chi connectivity index (χ0) is 8.72. The van der Waals surface area contributed by atoms with Gasteiger partial charge in [-0.3, -0.25) is 4.90 Å². The van der Waals surface area contributed by atoms with Gasteiger partial charge in [0, 0.05) is 24.3 Å². The molecule has 0 fully saturated rings. The summed E-state index contributed by atoms with van der Waals surface area (Å²) in [4.78, 5) is 10.5. The van der Waals surface area contributed by atoms with Gasteiger partial charge in [0.15, 0.2) is 0 Å². The maximum absolute atomic E-state index is 5.54. The molecule has 2 N–H and O–H groups in total. The maximum atomic E-state index is 5.54. The van der Waals surface area contributed by atoms with Crippen molar-refractivity contribution in [1.29, 1.82) is 0 Å². The van der Waals surface area contributed by atoms with Crippen LogP contribution in [0.5, 0.6) is 0 Å². The fraction of sp³-hybridized carbons (Fsp3) is 0.500. The van der Waals surface area contributed by atoms with E-state index in [1.165, 1.54) is 5.56 Å². The second kappa shape index (κ2) is 2.42. The third-order valence-electron chi connectivity index (χ3n) is 2.16. The first-order chi connectivity index (χ1) is 5.66. The van der Waals surface area contributed by atoms with Crippen LogP contribution in [0.3, 0.4) is 0 Å². The van der Waals surface area contributed by atoms with Crippen LogP contribution in [0, 0.1) is 6.92 Å². The molecule has 0 spiro atoms. The van der Waals surface area contributed by atoms with E-state index in [1.807, 2.05) is 6.92 Å². The third-order valence-corrected chi connectivity index (χ3v) is 2.16. The Bertz CT molecular complexity index is 321. The first-order valence-corrected chi connectivity index (χ1v) is 3.97. The molecule has 0 saturated carbocycles. The Labute approximate surface area is 71.4 Å². The summed E-state index contributed by atoms with van der Waals surface area (Å²) >= 11 is 0. The number of nitrogen functional groups attached to an aromatic ring is 1. The average molecular weight is 164 g/mol. The Morgan fingerprint density at radius 1 is 1.33 bits per heavy atom. The van der Waals surface area contributed by atoms with Gasteiger partial charge in [0.25, 0.3) is 0 Å². The van der Waals surface area contributed by atoms with Crippen LogP contribution in [-0.4, -0.2) is 21.9 Å². The quantitative estimate of drug-likeness (QED) is 0.599. The van der Waals surface area contributed by atoms with Crippen molar-refractivity contribution in [3.8, 4) is 0 Å². The molecule has 0 saturated heterocycles. The van der Waals surface area contributed by atoms with E-state index in [2.05, 4.69) is 21.9 Å². The highest BCUT2D eigenvalue weighted by Crippen LogP contribution is 2.21. The van der Waals surface area contributed by atoms with E-state index in [9.17, 15) is 0 Å². The standard InChI is InChI=1S/C8H12N4/c1-5-6-3-12(2)4-7(6)11-8(9)10-5/h3-4H2,1-2H3,(H2,9,10,11). The summed E-state index contributed by atoms with van der Waals surface area (Å²) in [5, 5.41) is 0. The van der Waals surface area contributed by atoms with Crippen LogP contribution in [-0.2, 0) is 13.1 Å². The predicted octanol–water partition coefficient (Wildman–Crippen LogP) is 0.313. The van der Waals surface area contributed by atoms with Crippen molar-refractivity contribution >= 4 is 5.95 Å². The van der Waals surface area contributed by atoms with E-state index in [4.69, 9.17) is 5.73 Å². The summed E-state index contributed by atoms with van der Waals surface area (Å²) in [6.45, 7) is 3.82. The number of anilines is 1. The zero-order valence-electron chi connectivity index (χ0n) is 7.33. The molecular weight excluding hydrogens is 152 g/mol. The fourth-order valence-corrected chi connectivity index (χ4v) is 1.60. The molecule has 0 aliphatic carbocycles. The van der Waals surface area contributed by atoms with Crippen LogP contribution in [0.1, 0.15) is 17.0 Å². The molecule has 1 aromatic rings. The van der Waals surface area contributed by atoms with Gasteiger partial charge in [-0.1, -0.05) is 0 Å². The largest absolute Gasteiger partial charge is 0.368 e. The second-order valence-corrected chi connectivity index (χ2v) is 3.26. The smallest absolute Gasteiger partial charge is 0.220 e. The van der Waals surface area contributed by atoms with Gasteiger partial charge in [0.05, 0.1) is 5.69 Å². The van der Waals surface area contributed by atoms with Crippen LogP contribution in [0.25, 0.3) is 0 Å². The van der Waals surface area contributed by atoms with Crippen molar-refractivity contribution in [3.63, 3.8) is 0 Å². The summed E-state index contributed by atoms with van der Waals surface area (Å²) in [5.41, 5.74) is 8.88. The fourth-order valence-electron chi connectivity index (χ4n) is 1.60. The molecule has 4 nitrogen and oxygen atoms in total. The van der Waals surface area contributed by atoms with Crippen LogP contribution in [0.2, 0.25) is 0 Å². The lowest BCUT2D eigenvalue weighted by Crippen LogP contribution is -2.07. The Hall–Kier alpha value is -1.16. The van der Waals surface area contributed by atoms with Gasteiger partial charge >= 0.3 is 0 Å². The monoisotopic (exact) mass is 164 g/mol. The van der Waals surface area contributed by atoms with Crippen LogP contribution >= 0.6 is 0 Å². The summed E-state index contributed by atoms with van der Waals surface area (Å²) in [7, 11) is 2.07. The van der Waals surface area contributed by atoms with Gasteiger partial charge in [-0.05, 0) is 14.0 Å². The van der Waals surface area contributed by atoms with E-state index >= 15 is 0 Å². The normalized spacial score (nSPS) is 16.5. The molecule has 1 aliphatic heterocycles. The van der Waals surface area contributed by atoms with Crippen LogP contribution in [0.4, 0.5) is 5.95 Å². The zero-order valence-corrected chi connectivity index (χ0v) is 7.33. The number of rotatable bonds is 0. The molecule has 12 heavy (non-hydrogen) atoms. The Morgan fingerprint density at radius 2 is 2.08 bits per heavy atom. The molecule has 0 amide bonds. The lowest BCUT2D eigenvalue weighted by molar-refractivity contribution is 0.351. The van der Waals surface area contributed by atoms with Gasteiger partial charge in [-0.2, -0.15) is 0 Å². The molecular formula is C8H12N4. The van der Waals surface area contributed by atoms with Crippen molar-refractivity contribution in [2.45, 2.75) is 20.0 Å². The van der Waals surface area contributed by atoms with Crippen molar-refractivity contribution in [2.75, 3.05) is 12.8 Å². The number of aryl methyl sites for hydroxylation is 1. The SMILES string of the molecule is Cc1nc(N)nc2c1CN(C)C2. The van der Waals surface area contributed by atoms with Crippen molar-refractivity contribution < 1.29 is 0 Å². The highest BCUT2D eigenvalue weighted by molar-refractivity contribution is 5.33. The molecule has 1 aromatic heterocycles. The van der Waals surface area contributed by atoms with E-state index in [-0.39, 0.29) is 0 Å². The van der Waals surface area contributed by atoms with E-state index in [1.54, 1.807) is 0 Å². The highest BCUT2D eigenvalue weighted by Gasteiger charge is 2.19. The molecule has 0 aromatic carbocycles. The summed E-state index contributed by atoms with van der Waals surface area (Å²) in [6.07, 6.45) is 0. The summed E-state index contributed by atoms with van der Waals surface area (Å²) in [5.74, 6) is 0.390. The summed E-state index contributed by atoms with van der Waals surface area (Å²) in [6, 6.07) is 0. The molecule has 4 heteroatoms. The number of aromatic nitrogens is 2. The molecule has 2 rings (SSSR count). The Kier molecular flexibility index (Phi) is 1.51. The van der Waals surface area contributed by atoms with Gasteiger partial charge in [0.1, 0.15) is 0 Å². The minimum Gasteiger partial charge on any atom is -0.368 e. The highest BCUT2D eigenvalue weighted by atomic mass is 15.1. The topological polar surface area (TPSA) is 55.0 Å². The number of hydrogen-bond donors (Lipinski definition) is 1. The van der Waals surface area contributed by atoms with Gasteiger partial charge in [-0.15, -0.1) is 0 Å². The molecule has 1 aliphatic rings. The predicted molar refractivity (Wildman–Crippen MR) is 46.4 cm³/mol. The van der Waals surface area contributed by atoms with Crippen LogP contribution < -0.4 is 5.73 Å². The first kappa shape index (κ1) is 7.49. The molecule has 64 valence electrons. The van der Waals surface area contributed by atoms with Gasteiger partial charge in [-0.25, -0.2) is 9.97 Å². The first-order valence-electron chi connectivity index (χ1n) is 3.97. The molecule has 0 bridgehead atoms. The second-order valence-electron chi connectivity index (χ2n) is 3.26. The van der Waals surface area contributed by atoms with Crippen LogP contribution in [0.15, 0.2) is 0 Å². The number of hydrogen-bond acceptors (Lipinski definition) is 4. The lowest BCUT2D eigenvalue weighted by Gasteiger charge is -2.02. The number of nitrogens with two attached hydrogens (primary N) is 1. The molecule has 0 radical (unpaired) electrons. The lowest BCUT2D eigenvalue weighted by atomic mass is 10.2. The molecule has 2 heterocycles. The minimum atomic E-state index is 0.390. The number of nitrogens with zero attached hydrogens (tertiary/aromatic N) is 3. The van der Waals surface area contributed by atoms with Crippen molar-refractivity contribution in [3.05, 3.63) is 17.0 Å². The van der Waals surface area contributed by atoms with E-state index in [0.717, 1.165) is 24.5 Å². The van der Waals surface area contributed by atoms with E-state index in [0.29, 0.717) is 5.95 Å². The van der Waals surface area contributed by atoms with Gasteiger partial charge in [0.2, 0.25) is 5.95 Å². The average Bonchev–Trinajstić information content (AvgIpc) is 2.29. The third kappa shape index (κ3) is 1.04. The Morgan fingerprint density at radius 3 is 2.83 bits per heavy atom. The van der Waals surface area contributed by atoms with Crippen molar-refractivity contribution in [1.82, 2.24) is 14.9 Å². The maximum Gasteiger partial charge on any atom is 0.220 e.